The second-order valence-electron chi connectivity index (χ2n) is 7.15. The van der Waals surface area contributed by atoms with Crippen LogP contribution in [0.15, 0.2) is 24.3 Å². The molecular formula is C18H27NO4. The van der Waals surface area contributed by atoms with Crippen LogP contribution in [0, 0.1) is 0 Å². The van der Waals surface area contributed by atoms with Crippen molar-refractivity contribution < 1.29 is 19.4 Å². The van der Waals surface area contributed by atoms with Gasteiger partial charge < -0.3 is 19.5 Å². The first-order valence-corrected chi connectivity index (χ1v) is 8.13. The fourth-order valence-corrected chi connectivity index (χ4v) is 2.72. The van der Waals surface area contributed by atoms with Crippen LogP contribution in [0.2, 0.25) is 0 Å². The minimum absolute atomic E-state index is 0.235. The summed E-state index contributed by atoms with van der Waals surface area (Å²) < 4.78 is 11.6. The number of aromatic hydroxyl groups is 1. The van der Waals surface area contributed by atoms with Crippen LogP contribution in [0.25, 0.3) is 0 Å². The van der Waals surface area contributed by atoms with Gasteiger partial charge in [0.25, 0.3) is 0 Å². The lowest BCUT2D eigenvalue weighted by Crippen LogP contribution is -2.40. The molecule has 1 unspecified atom stereocenters. The van der Waals surface area contributed by atoms with Gasteiger partial charge in [0.1, 0.15) is 11.4 Å². The molecule has 5 nitrogen and oxygen atoms in total. The Morgan fingerprint density at radius 2 is 2.13 bits per heavy atom. The van der Waals surface area contributed by atoms with Crippen LogP contribution >= 0.6 is 0 Å². The Labute approximate surface area is 138 Å². The Hall–Kier alpha value is -1.75. The molecule has 1 heterocycles. The van der Waals surface area contributed by atoms with Crippen molar-refractivity contribution in [1.82, 2.24) is 4.90 Å². The quantitative estimate of drug-likeness (QED) is 0.918. The number of carbonyl (C=O) groups is 1. The summed E-state index contributed by atoms with van der Waals surface area (Å²) in [5, 5.41) is 9.52. The molecular weight excluding hydrogens is 294 g/mol. The summed E-state index contributed by atoms with van der Waals surface area (Å²) in [6.45, 7) is 9.27. The Bertz CT molecular complexity index is 552. The van der Waals surface area contributed by atoms with E-state index in [0.29, 0.717) is 19.7 Å². The standard InChI is InChI=1S/C18H27NO4/c1-5-18(22-12-14-7-6-8-15(20)11-14)9-10-19(13-18)16(21)23-17(2,3)4/h6-8,11,20H,5,9-10,12-13H2,1-4H3. The van der Waals surface area contributed by atoms with Crippen LogP contribution < -0.4 is 0 Å². The van der Waals surface area contributed by atoms with Crippen LogP contribution in [0.5, 0.6) is 5.75 Å². The van der Waals surface area contributed by atoms with Gasteiger partial charge >= 0.3 is 6.09 Å². The molecule has 5 heteroatoms. The first-order valence-electron chi connectivity index (χ1n) is 8.13. The highest BCUT2D eigenvalue weighted by atomic mass is 16.6. The summed E-state index contributed by atoms with van der Waals surface area (Å²) in [5.41, 5.74) is 0.0906. The highest BCUT2D eigenvalue weighted by molar-refractivity contribution is 5.68. The summed E-state index contributed by atoms with van der Waals surface area (Å²) >= 11 is 0. The van der Waals surface area contributed by atoms with Crippen LogP contribution in [0.4, 0.5) is 4.79 Å². The molecule has 0 bridgehead atoms. The first-order chi connectivity index (χ1) is 10.7. The maximum Gasteiger partial charge on any atom is 0.410 e. The lowest BCUT2D eigenvalue weighted by atomic mass is 9.99. The Morgan fingerprint density at radius 1 is 1.39 bits per heavy atom. The van der Waals surface area contributed by atoms with Crippen molar-refractivity contribution in [2.45, 2.75) is 58.3 Å². The number of phenolic OH excluding ortho intramolecular Hbond substituents is 1. The van der Waals surface area contributed by atoms with E-state index >= 15 is 0 Å². The van der Waals surface area contributed by atoms with Gasteiger partial charge in [-0.3, -0.25) is 0 Å². The van der Waals surface area contributed by atoms with Gasteiger partial charge in [0.15, 0.2) is 0 Å². The van der Waals surface area contributed by atoms with Crippen LogP contribution in [-0.4, -0.2) is 40.4 Å². The molecule has 1 fully saturated rings. The number of phenols is 1. The monoisotopic (exact) mass is 321 g/mol. The predicted molar refractivity (Wildman–Crippen MR) is 88.3 cm³/mol. The Balaban J connectivity index is 1.96. The molecule has 2 rings (SSSR count). The molecule has 1 aliphatic rings. The summed E-state index contributed by atoms with van der Waals surface area (Å²) in [6, 6.07) is 7.06. The second kappa shape index (κ2) is 6.79. The van der Waals surface area contributed by atoms with Crippen molar-refractivity contribution in [3.63, 3.8) is 0 Å². The molecule has 0 spiro atoms. The van der Waals surface area contributed by atoms with Crippen molar-refractivity contribution in [1.29, 1.82) is 0 Å². The summed E-state index contributed by atoms with van der Waals surface area (Å²) in [7, 11) is 0. The number of carbonyl (C=O) groups excluding carboxylic acids is 1. The summed E-state index contributed by atoms with van der Waals surface area (Å²) in [4.78, 5) is 13.9. The molecule has 1 aliphatic heterocycles. The van der Waals surface area contributed by atoms with Crippen molar-refractivity contribution in [3.8, 4) is 5.75 Å². The van der Waals surface area contributed by atoms with Gasteiger partial charge in [0.2, 0.25) is 0 Å². The van der Waals surface area contributed by atoms with E-state index in [9.17, 15) is 9.90 Å². The number of rotatable bonds is 4. The predicted octanol–water partition coefficient (Wildman–Crippen LogP) is 3.70. The topological polar surface area (TPSA) is 59.0 Å². The van der Waals surface area contributed by atoms with E-state index in [0.717, 1.165) is 18.4 Å². The summed E-state index contributed by atoms with van der Waals surface area (Å²) in [5.74, 6) is 0.235. The number of hydrogen-bond donors (Lipinski definition) is 1. The average Bonchev–Trinajstić information content (AvgIpc) is 2.89. The molecule has 1 saturated heterocycles. The zero-order chi connectivity index (χ0) is 17.1. The highest BCUT2D eigenvalue weighted by Crippen LogP contribution is 2.31. The summed E-state index contributed by atoms with van der Waals surface area (Å²) in [6.07, 6.45) is 1.33. The number of hydrogen-bond acceptors (Lipinski definition) is 4. The third-order valence-corrected chi connectivity index (χ3v) is 4.07. The lowest BCUT2D eigenvalue weighted by Gasteiger charge is -2.29. The zero-order valence-corrected chi connectivity index (χ0v) is 14.5. The molecule has 0 aromatic heterocycles. The molecule has 0 saturated carbocycles. The SMILES string of the molecule is CCC1(OCc2cccc(O)c2)CCN(C(=O)OC(C)(C)C)C1. The normalized spacial score (nSPS) is 21.5. The van der Waals surface area contributed by atoms with E-state index in [1.807, 2.05) is 26.8 Å². The molecule has 23 heavy (non-hydrogen) atoms. The van der Waals surface area contributed by atoms with E-state index < -0.39 is 5.60 Å². The van der Waals surface area contributed by atoms with E-state index in [4.69, 9.17) is 9.47 Å². The number of likely N-dealkylation sites (tertiary alicyclic amines) is 1. The maximum atomic E-state index is 12.2. The highest BCUT2D eigenvalue weighted by Gasteiger charge is 2.40. The van der Waals surface area contributed by atoms with E-state index in [1.54, 1.807) is 23.1 Å². The second-order valence-corrected chi connectivity index (χ2v) is 7.15. The smallest absolute Gasteiger partial charge is 0.410 e. The molecule has 0 aliphatic carbocycles. The van der Waals surface area contributed by atoms with Crippen LogP contribution in [0.3, 0.4) is 0 Å². The zero-order valence-electron chi connectivity index (χ0n) is 14.5. The van der Waals surface area contributed by atoms with Gasteiger partial charge in [-0.1, -0.05) is 19.1 Å². The Morgan fingerprint density at radius 3 is 2.74 bits per heavy atom. The van der Waals surface area contributed by atoms with Crippen molar-refractivity contribution in [2.75, 3.05) is 13.1 Å². The molecule has 1 amide bonds. The van der Waals surface area contributed by atoms with Gasteiger partial charge in [-0.25, -0.2) is 4.79 Å². The molecule has 0 radical (unpaired) electrons. The fourth-order valence-electron chi connectivity index (χ4n) is 2.72. The largest absolute Gasteiger partial charge is 0.508 e. The number of nitrogens with zero attached hydrogens (tertiary/aromatic N) is 1. The molecule has 1 aromatic rings. The van der Waals surface area contributed by atoms with Crippen LogP contribution in [0.1, 0.15) is 46.1 Å². The van der Waals surface area contributed by atoms with Crippen molar-refractivity contribution >= 4 is 6.09 Å². The average molecular weight is 321 g/mol. The van der Waals surface area contributed by atoms with E-state index in [-0.39, 0.29) is 17.4 Å². The van der Waals surface area contributed by atoms with Gasteiger partial charge in [0, 0.05) is 6.54 Å². The number of benzene rings is 1. The van der Waals surface area contributed by atoms with Gasteiger partial charge in [-0.05, 0) is 51.3 Å². The molecule has 128 valence electrons. The van der Waals surface area contributed by atoms with Gasteiger partial charge in [-0.15, -0.1) is 0 Å². The third-order valence-electron chi connectivity index (χ3n) is 4.07. The minimum Gasteiger partial charge on any atom is -0.508 e. The molecule has 1 aromatic carbocycles. The lowest BCUT2D eigenvalue weighted by molar-refractivity contribution is -0.0528. The maximum absolute atomic E-state index is 12.2. The molecule has 1 N–H and O–H groups in total. The van der Waals surface area contributed by atoms with Crippen LogP contribution in [-0.2, 0) is 16.1 Å². The third kappa shape index (κ3) is 4.86. The van der Waals surface area contributed by atoms with Gasteiger partial charge in [-0.2, -0.15) is 0 Å². The first kappa shape index (κ1) is 17.6. The molecule has 1 atom stereocenters. The fraction of sp³-hybridized carbons (Fsp3) is 0.611. The minimum atomic E-state index is -0.489. The van der Waals surface area contributed by atoms with E-state index in [2.05, 4.69) is 6.92 Å². The number of amides is 1. The van der Waals surface area contributed by atoms with Crippen molar-refractivity contribution in [2.24, 2.45) is 0 Å². The Kier molecular flexibility index (Phi) is 5.19. The van der Waals surface area contributed by atoms with Gasteiger partial charge in [0.05, 0.1) is 18.8 Å². The van der Waals surface area contributed by atoms with Crippen molar-refractivity contribution in [3.05, 3.63) is 29.8 Å². The number of ether oxygens (including phenoxy) is 2. The van der Waals surface area contributed by atoms with E-state index in [1.165, 1.54) is 0 Å².